The minimum atomic E-state index is 0.000156. The van der Waals surface area contributed by atoms with Crippen LogP contribution in [0.5, 0.6) is 0 Å². The molecule has 0 aromatic carbocycles. The number of piperazine rings is 1. The van der Waals surface area contributed by atoms with Crippen molar-refractivity contribution in [3.63, 3.8) is 0 Å². The maximum atomic E-state index is 11.9. The summed E-state index contributed by atoms with van der Waals surface area (Å²) in [5.74, 6) is 2.07. The van der Waals surface area contributed by atoms with Crippen LogP contribution >= 0.6 is 0 Å². The first kappa shape index (κ1) is 19.0. The lowest BCUT2D eigenvalue weighted by Crippen LogP contribution is -2.53. The highest BCUT2D eigenvalue weighted by Gasteiger charge is 2.21. The summed E-state index contributed by atoms with van der Waals surface area (Å²) < 4.78 is 0. The number of aliphatic imine (C=N–C) groups is 1. The van der Waals surface area contributed by atoms with Gasteiger partial charge in [0.1, 0.15) is 6.54 Å². The van der Waals surface area contributed by atoms with E-state index in [1.807, 2.05) is 6.07 Å². The van der Waals surface area contributed by atoms with Gasteiger partial charge in [-0.15, -0.1) is 0 Å². The minimum absolute atomic E-state index is 0.000156. The first-order chi connectivity index (χ1) is 12.0. The molecule has 1 aromatic heterocycles. The van der Waals surface area contributed by atoms with E-state index in [9.17, 15) is 4.79 Å². The maximum absolute atomic E-state index is 11.9. The molecule has 1 aliphatic heterocycles. The highest BCUT2D eigenvalue weighted by Crippen LogP contribution is 2.10. The summed E-state index contributed by atoms with van der Waals surface area (Å²) in [5, 5.41) is 3.39. The molecule has 8 nitrogen and oxygen atoms in total. The zero-order valence-electron chi connectivity index (χ0n) is 15.6. The van der Waals surface area contributed by atoms with E-state index in [1.165, 1.54) is 0 Å². The largest absolute Gasteiger partial charge is 0.356 e. The molecule has 1 amide bonds. The fourth-order valence-electron chi connectivity index (χ4n) is 2.42. The zero-order chi connectivity index (χ0) is 18.2. The minimum Gasteiger partial charge on any atom is -0.356 e. The third kappa shape index (κ3) is 5.88. The van der Waals surface area contributed by atoms with Gasteiger partial charge in [0, 0.05) is 59.2 Å². The Hall–Kier alpha value is -2.38. The molecule has 2 heterocycles. The van der Waals surface area contributed by atoms with E-state index in [1.54, 1.807) is 31.4 Å². The van der Waals surface area contributed by atoms with Crippen LogP contribution in [0.3, 0.4) is 0 Å². The number of carbonyl (C=O) groups is 1. The van der Waals surface area contributed by atoms with E-state index < -0.39 is 0 Å². The molecule has 0 saturated carbocycles. The first-order valence-corrected chi connectivity index (χ1v) is 8.72. The predicted molar refractivity (Wildman–Crippen MR) is 99.7 cm³/mol. The first-order valence-electron chi connectivity index (χ1n) is 8.72. The van der Waals surface area contributed by atoms with E-state index in [0.717, 1.165) is 44.6 Å². The van der Waals surface area contributed by atoms with Gasteiger partial charge in [-0.1, -0.05) is 13.8 Å². The molecular formula is C17H29N7O. The van der Waals surface area contributed by atoms with Gasteiger partial charge in [-0.25, -0.2) is 15.0 Å². The van der Waals surface area contributed by atoms with Gasteiger partial charge in [-0.3, -0.25) is 4.79 Å². The summed E-state index contributed by atoms with van der Waals surface area (Å²) in [6.45, 7) is 8.59. The van der Waals surface area contributed by atoms with Crippen LogP contribution in [0.25, 0.3) is 0 Å². The number of aromatic nitrogens is 2. The predicted octanol–water partition coefficient (Wildman–Crippen LogP) is 0.288. The molecule has 25 heavy (non-hydrogen) atoms. The maximum Gasteiger partial charge on any atom is 0.243 e. The van der Waals surface area contributed by atoms with Crippen LogP contribution in [0.1, 0.15) is 13.8 Å². The normalized spacial score (nSPS) is 15.5. The fraction of sp³-hybridized carbons (Fsp3) is 0.647. The molecule has 2 rings (SSSR count). The Morgan fingerprint density at radius 3 is 2.44 bits per heavy atom. The Balaban J connectivity index is 1.98. The summed E-state index contributed by atoms with van der Waals surface area (Å²) >= 11 is 0. The van der Waals surface area contributed by atoms with Crippen LogP contribution in [0.2, 0.25) is 0 Å². The smallest absolute Gasteiger partial charge is 0.243 e. The van der Waals surface area contributed by atoms with E-state index in [0.29, 0.717) is 5.92 Å². The standard InChI is InChI=1S/C17H29N7O/c1-14(2)12-20-17(21-13-15(25)22(3)4)24-10-8-23(9-11-24)16-18-6-5-7-19-16/h5-7,14H,8-13H2,1-4H3,(H,20,21). The molecule has 1 aliphatic rings. The van der Waals surface area contributed by atoms with Gasteiger partial charge in [0.2, 0.25) is 11.9 Å². The quantitative estimate of drug-likeness (QED) is 0.609. The lowest BCUT2D eigenvalue weighted by molar-refractivity contribution is -0.127. The monoisotopic (exact) mass is 347 g/mol. The van der Waals surface area contributed by atoms with E-state index in [2.05, 4.69) is 43.9 Å². The van der Waals surface area contributed by atoms with Gasteiger partial charge in [0.25, 0.3) is 0 Å². The highest BCUT2D eigenvalue weighted by atomic mass is 16.2. The lowest BCUT2D eigenvalue weighted by Gasteiger charge is -2.36. The van der Waals surface area contributed by atoms with Gasteiger partial charge in [-0.05, 0) is 12.0 Å². The molecule has 8 heteroatoms. The molecule has 0 aliphatic carbocycles. The Bertz CT molecular complexity index is 566. The molecule has 0 unspecified atom stereocenters. The molecule has 1 saturated heterocycles. The molecule has 0 radical (unpaired) electrons. The Morgan fingerprint density at radius 2 is 1.88 bits per heavy atom. The van der Waals surface area contributed by atoms with Gasteiger partial charge >= 0.3 is 0 Å². The number of hydrogen-bond donors (Lipinski definition) is 1. The van der Waals surface area contributed by atoms with Crippen LogP contribution in [0.4, 0.5) is 5.95 Å². The second-order valence-electron chi connectivity index (χ2n) is 6.73. The van der Waals surface area contributed by atoms with Gasteiger partial charge in [-0.2, -0.15) is 0 Å². The third-order valence-corrected chi connectivity index (χ3v) is 3.95. The molecular weight excluding hydrogens is 318 g/mol. The molecule has 0 spiro atoms. The number of amides is 1. The average Bonchev–Trinajstić information content (AvgIpc) is 2.62. The van der Waals surface area contributed by atoms with E-state index in [4.69, 9.17) is 0 Å². The van der Waals surface area contributed by atoms with Crippen molar-refractivity contribution < 1.29 is 4.79 Å². The molecule has 0 bridgehead atoms. The number of rotatable bonds is 5. The Morgan fingerprint density at radius 1 is 1.24 bits per heavy atom. The number of guanidine groups is 1. The fourth-order valence-corrected chi connectivity index (χ4v) is 2.42. The van der Waals surface area contributed by atoms with Gasteiger partial charge in [0.15, 0.2) is 5.96 Å². The highest BCUT2D eigenvalue weighted by molar-refractivity contribution is 5.85. The van der Waals surface area contributed by atoms with Crippen molar-refractivity contribution in [3.05, 3.63) is 18.5 Å². The molecule has 1 N–H and O–H groups in total. The third-order valence-electron chi connectivity index (χ3n) is 3.95. The van der Waals surface area contributed by atoms with Crippen molar-refractivity contribution in [1.29, 1.82) is 0 Å². The van der Waals surface area contributed by atoms with Crippen LogP contribution in [-0.2, 0) is 4.79 Å². The van der Waals surface area contributed by atoms with Gasteiger partial charge < -0.3 is 20.0 Å². The summed E-state index contributed by atoms with van der Waals surface area (Å²) in [4.78, 5) is 30.9. The van der Waals surface area contributed by atoms with E-state index in [-0.39, 0.29) is 12.5 Å². The number of carbonyl (C=O) groups excluding carboxylic acids is 1. The number of hydrogen-bond acceptors (Lipinski definition) is 5. The second-order valence-corrected chi connectivity index (χ2v) is 6.73. The van der Waals surface area contributed by atoms with Crippen LogP contribution in [0, 0.1) is 5.92 Å². The Labute approximate surface area is 149 Å². The Kier molecular flexibility index (Phi) is 6.97. The molecule has 1 fully saturated rings. The SMILES string of the molecule is CC(C)CNC(=NCC(=O)N(C)C)N1CCN(c2ncccn2)CC1. The lowest BCUT2D eigenvalue weighted by atomic mass is 10.2. The molecule has 1 aromatic rings. The van der Waals surface area contributed by atoms with Crippen molar-refractivity contribution in [3.8, 4) is 0 Å². The van der Waals surface area contributed by atoms with Crippen molar-refractivity contribution in [2.75, 3.05) is 58.3 Å². The summed E-state index contributed by atoms with van der Waals surface area (Å²) in [5.41, 5.74) is 0. The molecule has 0 atom stereocenters. The molecule has 138 valence electrons. The van der Waals surface area contributed by atoms with Gasteiger partial charge in [0.05, 0.1) is 0 Å². The van der Waals surface area contributed by atoms with Crippen molar-refractivity contribution in [2.24, 2.45) is 10.9 Å². The summed E-state index contributed by atoms with van der Waals surface area (Å²) in [6.07, 6.45) is 3.53. The van der Waals surface area contributed by atoms with Crippen molar-refractivity contribution in [2.45, 2.75) is 13.8 Å². The topological polar surface area (TPSA) is 77.0 Å². The van der Waals surface area contributed by atoms with Crippen LogP contribution in [-0.4, -0.2) is 85.0 Å². The second kappa shape index (κ2) is 9.19. The number of likely N-dealkylation sites (N-methyl/N-ethyl adjacent to an activating group) is 1. The summed E-state index contributed by atoms with van der Waals surface area (Å²) in [6, 6.07) is 1.82. The summed E-state index contributed by atoms with van der Waals surface area (Å²) in [7, 11) is 3.50. The number of nitrogens with one attached hydrogen (secondary N) is 1. The van der Waals surface area contributed by atoms with Crippen LogP contribution < -0.4 is 10.2 Å². The number of nitrogens with zero attached hydrogens (tertiary/aromatic N) is 6. The van der Waals surface area contributed by atoms with E-state index >= 15 is 0 Å². The average molecular weight is 347 g/mol. The number of anilines is 1. The van der Waals surface area contributed by atoms with Crippen molar-refractivity contribution >= 4 is 17.8 Å². The zero-order valence-corrected chi connectivity index (χ0v) is 15.6. The van der Waals surface area contributed by atoms with Crippen molar-refractivity contribution in [1.82, 2.24) is 25.1 Å². The van der Waals surface area contributed by atoms with Crippen LogP contribution in [0.15, 0.2) is 23.5 Å².